The van der Waals surface area contributed by atoms with Crippen LogP contribution in [-0.2, 0) is 16.0 Å². The monoisotopic (exact) mass is 374 g/mol. The number of carbonyl (C=O) groups excluding carboxylic acids is 1. The van der Waals surface area contributed by atoms with Gasteiger partial charge in [0.05, 0.1) is 24.2 Å². The van der Waals surface area contributed by atoms with Crippen molar-refractivity contribution in [1.82, 2.24) is 10.2 Å². The molecule has 0 spiro atoms. The van der Waals surface area contributed by atoms with E-state index in [1.165, 1.54) is 0 Å². The van der Waals surface area contributed by atoms with Crippen LogP contribution in [0, 0.1) is 5.92 Å². The van der Waals surface area contributed by atoms with Crippen LogP contribution in [-0.4, -0.2) is 39.6 Å². The highest BCUT2D eigenvalue weighted by Crippen LogP contribution is 2.44. The predicted molar refractivity (Wildman–Crippen MR) is 99.9 cm³/mol. The molecule has 7 heteroatoms. The number of nitrogens with one attached hydrogen (secondary N) is 2. The van der Waals surface area contributed by atoms with E-state index in [4.69, 9.17) is 9.47 Å². The molecular formula is C20H26N2O5. The van der Waals surface area contributed by atoms with Crippen LogP contribution in [0.2, 0.25) is 0 Å². The first-order valence-corrected chi connectivity index (χ1v) is 9.19. The molecule has 7 nitrogen and oxygen atoms in total. The first-order valence-electron chi connectivity index (χ1n) is 9.19. The fourth-order valence-electron chi connectivity index (χ4n) is 3.86. The maximum Gasteiger partial charge on any atom is 0.313 e. The first-order chi connectivity index (χ1) is 12.7. The number of fused-ring (bicyclic) bond motifs is 1. The van der Waals surface area contributed by atoms with Crippen LogP contribution >= 0.6 is 0 Å². The van der Waals surface area contributed by atoms with E-state index in [-0.39, 0.29) is 18.1 Å². The van der Waals surface area contributed by atoms with Gasteiger partial charge >= 0.3 is 5.97 Å². The van der Waals surface area contributed by atoms with E-state index < -0.39 is 23.4 Å². The number of rotatable bonds is 5. The van der Waals surface area contributed by atoms with E-state index in [1.807, 2.05) is 19.1 Å². The van der Waals surface area contributed by atoms with Gasteiger partial charge < -0.3 is 19.7 Å². The number of aliphatic hydroxyl groups is 1. The second kappa shape index (κ2) is 7.23. The fraction of sp³-hybridized carbons (Fsp3) is 0.500. The Morgan fingerprint density at radius 1 is 1.30 bits per heavy atom. The molecule has 0 amide bonds. The Bertz CT molecular complexity index is 863. The van der Waals surface area contributed by atoms with Crippen molar-refractivity contribution in [2.24, 2.45) is 5.92 Å². The number of hydrogen-bond acceptors (Lipinski definition) is 5. The van der Waals surface area contributed by atoms with Crippen molar-refractivity contribution in [3.8, 4) is 5.75 Å². The van der Waals surface area contributed by atoms with Crippen molar-refractivity contribution in [2.45, 2.75) is 51.7 Å². The molecular weight excluding hydrogens is 348 g/mol. The van der Waals surface area contributed by atoms with Crippen molar-refractivity contribution in [3.05, 3.63) is 51.4 Å². The molecule has 0 unspecified atom stereocenters. The van der Waals surface area contributed by atoms with Gasteiger partial charge in [0.2, 0.25) is 0 Å². The summed E-state index contributed by atoms with van der Waals surface area (Å²) >= 11 is 0. The van der Waals surface area contributed by atoms with E-state index in [1.54, 1.807) is 32.9 Å². The van der Waals surface area contributed by atoms with Gasteiger partial charge in [-0.25, -0.2) is 0 Å². The van der Waals surface area contributed by atoms with Gasteiger partial charge in [-0.3, -0.25) is 14.7 Å². The Kier molecular flexibility index (Phi) is 5.15. The molecule has 1 aromatic heterocycles. The molecule has 3 N–H and O–H groups in total. The Balaban J connectivity index is 2.12. The summed E-state index contributed by atoms with van der Waals surface area (Å²) in [6.45, 7) is 7.57. The van der Waals surface area contributed by atoms with E-state index >= 15 is 0 Å². The number of ether oxygens (including phenoxy) is 2. The number of aromatic amines is 2. The second-order valence-corrected chi connectivity index (χ2v) is 7.45. The largest absolute Gasteiger partial charge is 0.494 e. The topological polar surface area (TPSA) is 104 Å². The van der Waals surface area contributed by atoms with Crippen LogP contribution < -0.4 is 10.3 Å². The zero-order valence-electron chi connectivity index (χ0n) is 16.0. The van der Waals surface area contributed by atoms with Gasteiger partial charge in [-0.15, -0.1) is 0 Å². The molecule has 1 heterocycles. The Morgan fingerprint density at radius 2 is 1.96 bits per heavy atom. The zero-order chi connectivity index (χ0) is 19.8. The summed E-state index contributed by atoms with van der Waals surface area (Å²) in [7, 11) is 0. The number of carbonyl (C=O) groups is 1. The molecule has 0 fully saturated rings. The average Bonchev–Trinajstić information content (AvgIpc) is 2.93. The van der Waals surface area contributed by atoms with Gasteiger partial charge in [-0.1, -0.05) is 12.1 Å². The van der Waals surface area contributed by atoms with E-state index in [9.17, 15) is 14.7 Å². The summed E-state index contributed by atoms with van der Waals surface area (Å²) in [4.78, 5) is 25.4. The van der Waals surface area contributed by atoms with Crippen molar-refractivity contribution in [2.75, 3.05) is 6.61 Å². The van der Waals surface area contributed by atoms with Gasteiger partial charge in [0.15, 0.2) is 0 Å². The molecule has 1 aromatic carbocycles. The molecule has 3 atom stereocenters. The van der Waals surface area contributed by atoms with E-state index in [0.717, 1.165) is 5.56 Å². The summed E-state index contributed by atoms with van der Waals surface area (Å²) in [5, 5.41) is 16.5. The zero-order valence-corrected chi connectivity index (χ0v) is 16.0. The van der Waals surface area contributed by atoms with E-state index in [0.29, 0.717) is 23.6 Å². The van der Waals surface area contributed by atoms with Crippen LogP contribution in [0.15, 0.2) is 29.1 Å². The molecule has 27 heavy (non-hydrogen) atoms. The van der Waals surface area contributed by atoms with Crippen molar-refractivity contribution in [1.29, 1.82) is 0 Å². The lowest BCUT2D eigenvalue weighted by Gasteiger charge is -2.40. The normalized spacial score (nSPS) is 24.5. The lowest BCUT2D eigenvalue weighted by molar-refractivity contribution is -0.163. The third-order valence-corrected chi connectivity index (χ3v) is 4.90. The van der Waals surface area contributed by atoms with Gasteiger partial charge in [0, 0.05) is 23.6 Å². The minimum atomic E-state index is -1.37. The fourth-order valence-corrected chi connectivity index (χ4v) is 3.86. The highest BCUT2D eigenvalue weighted by molar-refractivity contribution is 5.77. The minimum absolute atomic E-state index is 0.159. The number of esters is 1. The number of hydrogen-bond donors (Lipinski definition) is 3. The maximum absolute atomic E-state index is 12.9. The van der Waals surface area contributed by atoms with Crippen molar-refractivity contribution < 1.29 is 19.4 Å². The summed E-state index contributed by atoms with van der Waals surface area (Å²) in [5.74, 6) is -1.34. The summed E-state index contributed by atoms with van der Waals surface area (Å²) in [6.07, 6.45) is -0.160. The quantitative estimate of drug-likeness (QED) is 0.696. The van der Waals surface area contributed by atoms with Gasteiger partial charge in [-0.2, -0.15) is 0 Å². The SMILES string of the molecule is CCOc1ccc([C@@H]2c3c([nH][nH]c3=O)C[C@](C)(O)[C@@H]2C(=O)OC(C)C)cc1. The van der Waals surface area contributed by atoms with Crippen LogP contribution in [0.4, 0.5) is 0 Å². The van der Waals surface area contributed by atoms with Crippen LogP contribution in [0.1, 0.15) is 50.4 Å². The molecule has 146 valence electrons. The Labute approximate surface area is 157 Å². The third kappa shape index (κ3) is 3.64. The van der Waals surface area contributed by atoms with Crippen LogP contribution in [0.3, 0.4) is 0 Å². The molecule has 0 bridgehead atoms. The molecule has 0 radical (unpaired) electrons. The minimum Gasteiger partial charge on any atom is -0.494 e. The number of benzene rings is 1. The standard InChI is InChI=1S/C20H26N2O5/c1-5-26-13-8-6-12(7-9-13)15-16-14(21-22-18(16)23)10-20(4,25)17(15)19(24)27-11(2)3/h6-9,11,15,17,25H,5,10H2,1-4H3,(H2,21,22,23)/t15-,17+,20+/m1/s1. The molecule has 1 aliphatic carbocycles. The lowest BCUT2D eigenvalue weighted by Crippen LogP contribution is -2.50. The van der Waals surface area contributed by atoms with Crippen molar-refractivity contribution >= 4 is 5.97 Å². The van der Waals surface area contributed by atoms with Gasteiger partial charge in [0.1, 0.15) is 5.75 Å². The van der Waals surface area contributed by atoms with Crippen molar-refractivity contribution in [3.63, 3.8) is 0 Å². The Morgan fingerprint density at radius 3 is 2.56 bits per heavy atom. The smallest absolute Gasteiger partial charge is 0.313 e. The third-order valence-electron chi connectivity index (χ3n) is 4.90. The molecule has 2 aromatic rings. The summed E-state index contributed by atoms with van der Waals surface area (Å²) < 4.78 is 10.9. The first kappa shape index (κ1) is 19.2. The summed E-state index contributed by atoms with van der Waals surface area (Å²) in [5.41, 5.74) is 0.166. The molecule has 1 aliphatic rings. The number of aromatic nitrogens is 2. The maximum atomic E-state index is 12.9. The Hall–Kier alpha value is -2.54. The van der Waals surface area contributed by atoms with E-state index in [2.05, 4.69) is 10.2 Å². The van der Waals surface area contributed by atoms with Crippen LogP contribution in [0.25, 0.3) is 0 Å². The lowest BCUT2D eigenvalue weighted by atomic mass is 9.66. The summed E-state index contributed by atoms with van der Waals surface area (Å²) in [6, 6.07) is 7.24. The molecule has 0 saturated heterocycles. The highest BCUT2D eigenvalue weighted by atomic mass is 16.5. The molecule has 3 rings (SSSR count). The number of H-pyrrole nitrogens is 2. The van der Waals surface area contributed by atoms with Gasteiger partial charge in [0.25, 0.3) is 5.56 Å². The van der Waals surface area contributed by atoms with Crippen LogP contribution in [0.5, 0.6) is 5.75 Å². The average molecular weight is 374 g/mol. The molecule has 0 saturated carbocycles. The van der Waals surface area contributed by atoms with Gasteiger partial charge in [-0.05, 0) is 45.4 Å². The predicted octanol–water partition coefficient (Wildman–Crippen LogP) is 2.11. The molecule has 0 aliphatic heterocycles. The highest BCUT2D eigenvalue weighted by Gasteiger charge is 2.51. The second-order valence-electron chi connectivity index (χ2n) is 7.45.